The molecule has 1 atom stereocenters. The Labute approximate surface area is 125 Å². The van der Waals surface area contributed by atoms with Crippen molar-refractivity contribution in [3.05, 3.63) is 28.8 Å². The highest BCUT2D eigenvalue weighted by atomic mass is 35.5. The molecule has 108 valence electrons. The third-order valence-corrected chi connectivity index (χ3v) is 4.09. The zero-order valence-corrected chi connectivity index (χ0v) is 12.8. The Morgan fingerprint density at radius 2 is 2.05 bits per heavy atom. The van der Waals surface area contributed by atoms with E-state index in [0.717, 1.165) is 38.4 Å². The van der Waals surface area contributed by atoms with E-state index in [-0.39, 0.29) is 0 Å². The normalized spacial score (nSPS) is 18.5. The number of benzene rings is 1. The van der Waals surface area contributed by atoms with E-state index in [9.17, 15) is 0 Å². The Kier molecular flexibility index (Phi) is 5.24. The molecule has 1 fully saturated rings. The minimum atomic E-state index is 0.450. The van der Waals surface area contributed by atoms with E-state index in [0.29, 0.717) is 16.6 Å². The third-order valence-electron chi connectivity index (χ3n) is 3.85. The fraction of sp³-hybridized carbons (Fsp3) is 0.533. The van der Waals surface area contributed by atoms with Crippen molar-refractivity contribution in [1.82, 2.24) is 9.80 Å². The molecular weight excluding hydrogens is 272 g/mol. The summed E-state index contributed by atoms with van der Waals surface area (Å²) >= 11 is 5.90. The standard InChI is InChI=1S/C15H21ClN4/c1-12(20-7-5-19(2)6-8-20)11-18-15-4-3-14(16)9-13(15)10-17/h3-4,9,12,18H,5-8,11H2,1-2H3. The minimum Gasteiger partial charge on any atom is -0.382 e. The lowest BCUT2D eigenvalue weighted by atomic mass is 10.1. The lowest BCUT2D eigenvalue weighted by Crippen LogP contribution is -2.49. The van der Waals surface area contributed by atoms with Gasteiger partial charge >= 0.3 is 0 Å². The van der Waals surface area contributed by atoms with Crippen LogP contribution in [0.4, 0.5) is 5.69 Å². The SMILES string of the molecule is CC(CNc1ccc(Cl)cc1C#N)N1CCN(C)CC1. The number of piperazine rings is 1. The van der Waals surface area contributed by atoms with Crippen LogP contribution < -0.4 is 5.32 Å². The fourth-order valence-electron chi connectivity index (χ4n) is 2.41. The monoisotopic (exact) mass is 292 g/mol. The molecule has 2 rings (SSSR count). The van der Waals surface area contributed by atoms with Gasteiger partial charge in [-0.05, 0) is 32.2 Å². The maximum atomic E-state index is 9.12. The number of hydrogen-bond acceptors (Lipinski definition) is 4. The van der Waals surface area contributed by atoms with Crippen molar-refractivity contribution in [3.63, 3.8) is 0 Å². The molecule has 1 saturated heterocycles. The van der Waals surface area contributed by atoms with Crippen LogP contribution in [0.5, 0.6) is 0 Å². The molecule has 1 heterocycles. The van der Waals surface area contributed by atoms with E-state index in [1.54, 1.807) is 6.07 Å². The summed E-state index contributed by atoms with van der Waals surface area (Å²) in [4.78, 5) is 4.83. The first-order valence-electron chi connectivity index (χ1n) is 6.96. The summed E-state index contributed by atoms with van der Waals surface area (Å²) in [5.74, 6) is 0. The molecule has 1 aromatic carbocycles. The van der Waals surface area contributed by atoms with Crippen LogP contribution in [-0.2, 0) is 0 Å². The molecular formula is C15H21ClN4. The van der Waals surface area contributed by atoms with Gasteiger partial charge in [0.25, 0.3) is 0 Å². The van der Waals surface area contributed by atoms with Crippen molar-refractivity contribution >= 4 is 17.3 Å². The second kappa shape index (κ2) is 6.94. The number of halogens is 1. The second-order valence-electron chi connectivity index (χ2n) is 5.37. The van der Waals surface area contributed by atoms with Crippen molar-refractivity contribution in [2.45, 2.75) is 13.0 Å². The minimum absolute atomic E-state index is 0.450. The van der Waals surface area contributed by atoms with Crippen molar-refractivity contribution in [3.8, 4) is 6.07 Å². The number of rotatable bonds is 4. The highest BCUT2D eigenvalue weighted by Crippen LogP contribution is 2.20. The van der Waals surface area contributed by atoms with Crippen LogP contribution in [0.3, 0.4) is 0 Å². The van der Waals surface area contributed by atoms with Crippen LogP contribution in [0.2, 0.25) is 5.02 Å². The highest BCUT2D eigenvalue weighted by molar-refractivity contribution is 6.30. The molecule has 1 aliphatic rings. The van der Waals surface area contributed by atoms with Gasteiger partial charge in [0.15, 0.2) is 0 Å². The fourth-order valence-corrected chi connectivity index (χ4v) is 2.58. The van der Waals surface area contributed by atoms with E-state index in [2.05, 4.69) is 35.2 Å². The van der Waals surface area contributed by atoms with Crippen LogP contribution in [-0.4, -0.2) is 55.6 Å². The van der Waals surface area contributed by atoms with Crippen LogP contribution in [0.15, 0.2) is 18.2 Å². The zero-order valence-electron chi connectivity index (χ0n) is 12.1. The Morgan fingerprint density at radius 1 is 1.35 bits per heavy atom. The predicted molar refractivity (Wildman–Crippen MR) is 83.2 cm³/mol. The number of hydrogen-bond donors (Lipinski definition) is 1. The first-order chi connectivity index (χ1) is 9.60. The van der Waals surface area contributed by atoms with Gasteiger partial charge in [-0.2, -0.15) is 5.26 Å². The molecule has 1 aromatic rings. The molecule has 0 saturated carbocycles. The van der Waals surface area contributed by atoms with Crippen molar-refractivity contribution in [1.29, 1.82) is 5.26 Å². The van der Waals surface area contributed by atoms with Crippen molar-refractivity contribution in [2.75, 3.05) is 45.1 Å². The Hall–Kier alpha value is -1.28. The largest absolute Gasteiger partial charge is 0.382 e. The highest BCUT2D eigenvalue weighted by Gasteiger charge is 2.18. The van der Waals surface area contributed by atoms with E-state index in [1.807, 2.05) is 12.1 Å². The van der Waals surface area contributed by atoms with Gasteiger partial charge in [-0.25, -0.2) is 0 Å². The topological polar surface area (TPSA) is 42.3 Å². The average Bonchev–Trinajstić information content (AvgIpc) is 2.46. The zero-order chi connectivity index (χ0) is 14.5. The molecule has 5 heteroatoms. The first-order valence-corrected chi connectivity index (χ1v) is 7.34. The first kappa shape index (κ1) is 15.1. The number of nitriles is 1. The maximum absolute atomic E-state index is 9.12. The molecule has 1 unspecified atom stereocenters. The lowest BCUT2D eigenvalue weighted by molar-refractivity contribution is 0.123. The third kappa shape index (κ3) is 3.86. The quantitative estimate of drug-likeness (QED) is 0.924. The molecule has 1 N–H and O–H groups in total. The molecule has 4 nitrogen and oxygen atoms in total. The van der Waals surface area contributed by atoms with E-state index >= 15 is 0 Å². The molecule has 0 radical (unpaired) electrons. The molecule has 0 amide bonds. The Morgan fingerprint density at radius 3 is 2.70 bits per heavy atom. The second-order valence-corrected chi connectivity index (χ2v) is 5.81. The van der Waals surface area contributed by atoms with Crippen LogP contribution in [0.25, 0.3) is 0 Å². The molecule has 0 bridgehead atoms. The van der Waals surface area contributed by atoms with Gasteiger partial charge in [-0.15, -0.1) is 0 Å². The molecule has 1 aliphatic heterocycles. The summed E-state index contributed by atoms with van der Waals surface area (Å²) in [6, 6.07) is 8.01. The van der Waals surface area contributed by atoms with Crippen molar-refractivity contribution in [2.24, 2.45) is 0 Å². The van der Waals surface area contributed by atoms with Crippen LogP contribution >= 0.6 is 11.6 Å². The summed E-state index contributed by atoms with van der Waals surface area (Å²) in [7, 11) is 2.16. The van der Waals surface area contributed by atoms with E-state index in [4.69, 9.17) is 16.9 Å². The molecule has 0 spiro atoms. The predicted octanol–water partition coefficient (Wildman–Crippen LogP) is 2.26. The smallest absolute Gasteiger partial charge is 0.101 e. The molecule has 0 aromatic heterocycles. The van der Waals surface area contributed by atoms with Crippen LogP contribution in [0, 0.1) is 11.3 Å². The van der Waals surface area contributed by atoms with Gasteiger partial charge in [-0.3, -0.25) is 4.90 Å². The van der Waals surface area contributed by atoms with Crippen LogP contribution in [0.1, 0.15) is 12.5 Å². The van der Waals surface area contributed by atoms with Gasteiger partial charge < -0.3 is 10.2 Å². The number of nitrogens with zero attached hydrogens (tertiary/aromatic N) is 3. The number of nitrogens with one attached hydrogen (secondary N) is 1. The van der Waals surface area contributed by atoms with Gasteiger partial charge in [0.2, 0.25) is 0 Å². The van der Waals surface area contributed by atoms with Gasteiger partial charge in [0.1, 0.15) is 6.07 Å². The van der Waals surface area contributed by atoms with E-state index in [1.165, 1.54) is 0 Å². The summed E-state index contributed by atoms with van der Waals surface area (Å²) < 4.78 is 0. The Balaban J connectivity index is 1.90. The van der Waals surface area contributed by atoms with Gasteiger partial charge in [0.05, 0.1) is 11.3 Å². The lowest BCUT2D eigenvalue weighted by Gasteiger charge is -2.36. The van der Waals surface area contributed by atoms with Gasteiger partial charge in [-0.1, -0.05) is 11.6 Å². The maximum Gasteiger partial charge on any atom is 0.101 e. The Bertz CT molecular complexity index is 489. The number of anilines is 1. The summed E-state index contributed by atoms with van der Waals surface area (Å²) in [6.45, 7) is 7.50. The van der Waals surface area contributed by atoms with Gasteiger partial charge in [0, 0.05) is 43.8 Å². The summed E-state index contributed by atoms with van der Waals surface area (Å²) in [6.07, 6.45) is 0. The summed E-state index contributed by atoms with van der Waals surface area (Å²) in [5, 5.41) is 13.1. The average molecular weight is 293 g/mol. The van der Waals surface area contributed by atoms with Crippen molar-refractivity contribution < 1.29 is 0 Å². The molecule has 0 aliphatic carbocycles. The summed E-state index contributed by atoms with van der Waals surface area (Å²) in [5.41, 5.74) is 1.46. The van der Waals surface area contributed by atoms with E-state index < -0.39 is 0 Å². The number of likely N-dealkylation sites (N-methyl/N-ethyl adjacent to an activating group) is 1. The molecule has 20 heavy (non-hydrogen) atoms.